The third-order valence-corrected chi connectivity index (χ3v) is 12.1. The molecule has 19 nitrogen and oxygen atoms in total. The van der Waals surface area contributed by atoms with Crippen LogP contribution in [0.2, 0.25) is 5.15 Å². The van der Waals surface area contributed by atoms with E-state index < -0.39 is 0 Å². The number of rotatable bonds is 15. The second kappa shape index (κ2) is 26.6. The molecular formula is C55H60ClN13O6. The van der Waals surface area contributed by atoms with Crippen molar-refractivity contribution in [3.05, 3.63) is 156 Å². The molecule has 8 rings (SSSR count). The Kier molecular flexibility index (Phi) is 19.7. The smallest absolute Gasteiger partial charge is 0.248 e. The number of methoxy groups -OCH3 is 2. The van der Waals surface area contributed by atoms with Crippen molar-refractivity contribution in [1.29, 1.82) is 0 Å². The average molecular weight is 1030 g/mol. The molecule has 0 spiro atoms. The van der Waals surface area contributed by atoms with E-state index in [9.17, 15) is 19.2 Å². The number of carbonyl (C=O) groups excluding carboxylic acids is 4. The zero-order valence-electron chi connectivity index (χ0n) is 42.7. The molecule has 6 aromatic rings. The SMILES string of the molecule is C=CC(=O)Cc1cccc(N)n1.C=CC(=O)Nc1cccc(Nc2nc(Nc3ccc(C4=CCN(C(C)=O)CC4)cc3OC)ncc2C)n1.COc1cc(C2=CCN(C(C)=O)CC2)ccc1Nc1ncc(C)c(Cl)n1. The van der Waals surface area contributed by atoms with E-state index in [1.54, 1.807) is 76.9 Å². The van der Waals surface area contributed by atoms with Crippen LogP contribution in [0.4, 0.5) is 46.5 Å². The molecule has 3 amide bonds. The highest BCUT2D eigenvalue weighted by Gasteiger charge is 2.19. The number of nitrogens with zero attached hydrogens (tertiary/aromatic N) is 8. The number of anilines is 8. The number of aromatic nitrogens is 6. The number of ether oxygens (including phenoxy) is 2. The Bertz CT molecular complexity index is 3140. The number of ketones is 1. The van der Waals surface area contributed by atoms with Crippen molar-refractivity contribution in [1.82, 2.24) is 39.7 Å². The summed E-state index contributed by atoms with van der Waals surface area (Å²) < 4.78 is 11.2. The third-order valence-electron chi connectivity index (χ3n) is 11.7. The number of amides is 3. The Morgan fingerprint density at radius 3 is 1.73 bits per heavy atom. The first kappa shape index (κ1) is 55.3. The summed E-state index contributed by atoms with van der Waals surface area (Å²) in [7, 11) is 3.24. The molecule has 0 saturated heterocycles. The van der Waals surface area contributed by atoms with Crippen LogP contribution in [-0.4, -0.2) is 104 Å². The normalized spacial score (nSPS) is 12.7. The highest BCUT2D eigenvalue weighted by atomic mass is 35.5. The molecule has 2 aromatic carbocycles. The number of hydrogen-bond acceptors (Lipinski definition) is 16. The molecule has 388 valence electrons. The van der Waals surface area contributed by atoms with E-state index >= 15 is 0 Å². The van der Waals surface area contributed by atoms with Gasteiger partial charge in [-0.3, -0.25) is 19.2 Å². The quantitative estimate of drug-likeness (QED) is 0.0475. The Balaban J connectivity index is 0.000000207. The fraction of sp³-hybridized carbons (Fsp3) is 0.236. The van der Waals surface area contributed by atoms with Gasteiger partial charge in [-0.25, -0.2) is 24.9 Å². The highest BCUT2D eigenvalue weighted by Crippen LogP contribution is 2.34. The van der Waals surface area contributed by atoms with Crippen LogP contribution in [0, 0.1) is 13.8 Å². The zero-order valence-corrected chi connectivity index (χ0v) is 43.5. The minimum absolute atomic E-state index is 0.0481. The predicted molar refractivity (Wildman–Crippen MR) is 295 cm³/mol. The summed E-state index contributed by atoms with van der Waals surface area (Å²) in [4.78, 5) is 75.0. The number of carbonyl (C=O) groups is 4. The van der Waals surface area contributed by atoms with Crippen molar-refractivity contribution < 1.29 is 28.7 Å². The van der Waals surface area contributed by atoms with E-state index in [2.05, 4.69) is 76.5 Å². The molecule has 20 heteroatoms. The molecule has 0 fully saturated rings. The van der Waals surface area contributed by atoms with Crippen molar-refractivity contribution in [3.8, 4) is 11.5 Å². The fourth-order valence-electron chi connectivity index (χ4n) is 7.49. The molecule has 6 N–H and O–H groups in total. The van der Waals surface area contributed by atoms with Crippen molar-refractivity contribution in [2.45, 2.75) is 47.0 Å². The van der Waals surface area contributed by atoms with Gasteiger partial charge in [0.05, 0.1) is 37.7 Å². The summed E-state index contributed by atoms with van der Waals surface area (Å²) in [5.41, 5.74) is 13.7. The molecule has 0 atom stereocenters. The van der Waals surface area contributed by atoms with Crippen LogP contribution in [0.5, 0.6) is 11.5 Å². The number of nitrogens with two attached hydrogens (primary N) is 1. The lowest BCUT2D eigenvalue weighted by Crippen LogP contribution is -2.32. The maximum Gasteiger partial charge on any atom is 0.248 e. The molecule has 0 aliphatic carbocycles. The predicted octanol–water partition coefficient (Wildman–Crippen LogP) is 9.22. The number of allylic oxidation sites excluding steroid dienone is 1. The Labute approximate surface area is 441 Å². The number of pyridine rings is 2. The van der Waals surface area contributed by atoms with E-state index in [1.165, 1.54) is 23.3 Å². The summed E-state index contributed by atoms with van der Waals surface area (Å²) in [5.74, 6) is 3.85. The van der Waals surface area contributed by atoms with Gasteiger partial charge in [-0.1, -0.05) is 61.2 Å². The molecule has 2 aliphatic rings. The van der Waals surface area contributed by atoms with Gasteiger partial charge in [0.25, 0.3) is 0 Å². The largest absolute Gasteiger partial charge is 0.495 e. The number of halogens is 1. The van der Waals surface area contributed by atoms with Gasteiger partial charge in [0.1, 0.15) is 39.9 Å². The molecule has 0 saturated carbocycles. The lowest BCUT2D eigenvalue weighted by atomic mass is 9.99. The van der Waals surface area contributed by atoms with Crippen molar-refractivity contribution in [2.24, 2.45) is 0 Å². The second-order valence-corrected chi connectivity index (χ2v) is 17.3. The number of nitrogen functional groups attached to an aromatic ring is 1. The van der Waals surface area contributed by atoms with E-state index in [-0.39, 0.29) is 29.9 Å². The van der Waals surface area contributed by atoms with Crippen molar-refractivity contribution in [2.75, 3.05) is 67.4 Å². The Morgan fingerprint density at radius 1 is 0.693 bits per heavy atom. The lowest BCUT2D eigenvalue weighted by molar-refractivity contribution is -0.129. The molecular weight excluding hydrogens is 974 g/mol. The molecule has 0 radical (unpaired) electrons. The van der Waals surface area contributed by atoms with Gasteiger partial charge < -0.3 is 46.3 Å². The monoisotopic (exact) mass is 1030 g/mol. The van der Waals surface area contributed by atoms with Crippen LogP contribution in [0.25, 0.3) is 11.1 Å². The van der Waals surface area contributed by atoms with E-state index in [0.29, 0.717) is 77.1 Å². The summed E-state index contributed by atoms with van der Waals surface area (Å²) in [6.45, 7) is 16.4. The van der Waals surface area contributed by atoms with E-state index in [0.717, 1.165) is 53.0 Å². The van der Waals surface area contributed by atoms with Crippen molar-refractivity contribution in [3.63, 3.8) is 0 Å². The van der Waals surface area contributed by atoms with E-state index in [4.69, 9.17) is 26.8 Å². The molecule has 75 heavy (non-hydrogen) atoms. The van der Waals surface area contributed by atoms with Gasteiger partial charge in [0.2, 0.25) is 29.6 Å². The number of benzene rings is 2. The van der Waals surface area contributed by atoms with E-state index in [1.807, 2.05) is 60.0 Å². The van der Waals surface area contributed by atoms with Crippen LogP contribution in [0.1, 0.15) is 54.6 Å². The average Bonchev–Trinajstić information content (AvgIpc) is 3.41. The molecule has 0 bridgehead atoms. The number of aryl methyl sites for hydroxylation is 2. The van der Waals surface area contributed by atoms with Gasteiger partial charge in [-0.05, 0) is 110 Å². The number of hydrogen-bond donors (Lipinski definition) is 5. The van der Waals surface area contributed by atoms with Crippen molar-refractivity contribution >= 4 is 92.8 Å². The van der Waals surface area contributed by atoms with Gasteiger partial charge in [0, 0.05) is 63.5 Å². The Morgan fingerprint density at radius 2 is 1.24 bits per heavy atom. The first-order valence-corrected chi connectivity index (χ1v) is 24.1. The van der Waals surface area contributed by atoms with Gasteiger partial charge in [-0.2, -0.15) is 4.98 Å². The topological polar surface area (TPSA) is 245 Å². The van der Waals surface area contributed by atoms with Crippen LogP contribution < -0.4 is 36.5 Å². The van der Waals surface area contributed by atoms with Crippen LogP contribution in [0.3, 0.4) is 0 Å². The first-order valence-electron chi connectivity index (χ1n) is 23.7. The van der Waals surface area contributed by atoms with Gasteiger partial charge >= 0.3 is 0 Å². The van der Waals surface area contributed by atoms with Gasteiger partial charge in [0.15, 0.2) is 5.78 Å². The third kappa shape index (κ3) is 16.0. The molecule has 2 aliphatic heterocycles. The summed E-state index contributed by atoms with van der Waals surface area (Å²) >= 11 is 6.06. The fourth-order valence-corrected chi connectivity index (χ4v) is 7.62. The summed E-state index contributed by atoms with van der Waals surface area (Å²) in [5, 5.41) is 12.6. The minimum atomic E-state index is -0.341. The Hall–Kier alpha value is -8.97. The van der Waals surface area contributed by atoms with Crippen LogP contribution >= 0.6 is 11.6 Å². The maximum absolute atomic E-state index is 11.6. The van der Waals surface area contributed by atoms with Crippen LogP contribution in [-0.2, 0) is 25.6 Å². The number of nitrogens with one attached hydrogen (secondary N) is 4. The highest BCUT2D eigenvalue weighted by molar-refractivity contribution is 6.30. The summed E-state index contributed by atoms with van der Waals surface area (Å²) in [6, 6.07) is 22.3. The first-order chi connectivity index (χ1) is 36.0. The summed E-state index contributed by atoms with van der Waals surface area (Å²) in [6.07, 6.45) is 11.9. The second-order valence-electron chi connectivity index (χ2n) is 17.0. The molecule has 6 heterocycles. The van der Waals surface area contributed by atoms with Gasteiger partial charge in [-0.15, -0.1) is 0 Å². The maximum atomic E-state index is 11.6. The van der Waals surface area contributed by atoms with Crippen LogP contribution in [0.15, 0.2) is 123 Å². The minimum Gasteiger partial charge on any atom is -0.495 e. The molecule has 0 unspecified atom stereocenters. The standard InChI is InChI=1S/C27H29N7O3.C19H21ClN4O2.C9H10N2O/c1-5-25(36)31-23-7-6-8-24(30-23)32-26-17(2)16-28-27(33-26)29-21-10-9-20(15-22(21)37-4)19-11-13-34(14-12-19)18(3)35;1-12-11-21-19(23-18(12)20)22-16-5-4-15(10-17(16)26-3)14-6-8-24(9-7-14)13(2)25;1-2-8(12)6-7-4-3-5-9(10)11-7/h5-11,15-16H,1,12-14H2,2-4H3,(H3,28,29,30,31,32,33,36);4-6,10-11H,7-9H2,1-3H3,(H,21,22,23);2-5H,1,6H2,(H2,10,11). The lowest BCUT2D eigenvalue weighted by Gasteiger charge is -2.25. The zero-order chi connectivity index (χ0) is 54.0. The molecule has 4 aromatic heterocycles.